The zero-order chi connectivity index (χ0) is 17.0. The third kappa shape index (κ3) is 4.40. The molecule has 0 radical (unpaired) electrons. The number of methoxy groups -OCH3 is 1. The summed E-state index contributed by atoms with van der Waals surface area (Å²) in [6.45, 7) is 9.95. The number of thiazole rings is 1. The largest absolute Gasteiger partial charge is 0.383 e. The minimum Gasteiger partial charge on any atom is -0.383 e. The Morgan fingerprint density at radius 1 is 1.39 bits per heavy atom. The van der Waals surface area contributed by atoms with Gasteiger partial charge in [-0.25, -0.2) is 4.98 Å². The zero-order valence-corrected chi connectivity index (χ0v) is 16.0. The van der Waals surface area contributed by atoms with E-state index in [1.807, 2.05) is 11.8 Å². The summed E-state index contributed by atoms with van der Waals surface area (Å²) in [5.74, 6) is 0.393. The average molecular weight is 353 g/mol. The lowest BCUT2D eigenvalue weighted by atomic mass is 10.2. The Labute approximate surface area is 146 Å². The lowest BCUT2D eigenvalue weighted by Crippen LogP contribution is -2.33. The summed E-state index contributed by atoms with van der Waals surface area (Å²) in [4.78, 5) is 21.4. The Morgan fingerprint density at radius 2 is 2.13 bits per heavy atom. The van der Waals surface area contributed by atoms with E-state index in [2.05, 4.69) is 37.2 Å². The number of amides is 1. The smallest absolute Gasteiger partial charge is 0.266 e. The van der Waals surface area contributed by atoms with Crippen molar-refractivity contribution in [3.05, 3.63) is 37.5 Å². The van der Waals surface area contributed by atoms with Crippen LogP contribution >= 0.6 is 22.7 Å². The topological polar surface area (TPSA) is 42.4 Å². The number of aryl methyl sites for hydroxylation is 2. The fourth-order valence-electron chi connectivity index (χ4n) is 2.20. The molecule has 2 rings (SSSR count). The van der Waals surface area contributed by atoms with E-state index in [0.29, 0.717) is 25.6 Å². The molecule has 126 valence electrons. The first-order valence-corrected chi connectivity index (χ1v) is 9.42. The highest BCUT2D eigenvalue weighted by Crippen LogP contribution is 2.27. The van der Waals surface area contributed by atoms with Gasteiger partial charge in [-0.05, 0) is 30.9 Å². The number of aromatic nitrogens is 1. The van der Waals surface area contributed by atoms with Gasteiger partial charge in [0.1, 0.15) is 4.88 Å². The van der Waals surface area contributed by atoms with Crippen LogP contribution in [0.15, 0.2) is 11.4 Å². The standard InChI is InChI=1S/C17H24N2O2S2/c1-11(2)16-18-13(4)15(23-16)17(20)19(7-8-21-5)10-14-12(3)6-9-22-14/h6,9,11H,7-8,10H2,1-5H3. The quantitative estimate of drug-likeness (QED) is 0.749. The number of nitrogens with zero attached hydrogens (tertiary/aromatic N) is 2. The van der Waals surface area contributed by atoms with Crippen LogP contribution in [0.5, 0.6) is 0 Å². The highest BCUT2D eigenvalue weighted by Gasteiger charge is 2.23. The minimum atomic E-state index is 0.0525. The molecule has 0 unspecified atom stereocenters. The van der Waals surface area contributed by atoms with Crippen molar-refractivity contribution < 1.29 is 9.53 Å². The summed E-state index contributed by atoms with van der Waals surface area (Å²) in [7, 11) is 1.66. The molecule has 4 nitrogen and oxygen atoms in total. The molecule has 0 aliphatic rings. The van der Waals surface area contributed by atoms with Crippen molar-refractivity contribution in [2.24, 2.45) is 0 Å². The van der Waals surface area contributed by atoms with Crippen molar-refractivity contribution in [1.29, 1.82) is 0 Å². The number of hydrogen-bond donors (Lipinski definition) is 0. The summed E-state index contributed by atoms with van der Waals surface area (Å²) in [5, 5.41) is 3.09. The SMILES string of the molecule is COCCN(Cc1sccc1C)C(=O)c1sc(C(C)C)nc1C. The van der Waals surface area contributed by atoms with Crippen molar-refractivity contribution in [2.45, 2.75) is 40.2 Å². The predicted molar refractivity (Wildman–Crippen MR) is 96.6 cm³/mol. The Hall–Kier alpha value is -1.24. The fourth-order valence-corrected chi connectivity index (χ4v) is 4.16. The number of rotatable bonds is 7. The van der Waals surface area contributed by atoms with Gasteiger partial charge in [0.25, 0.3) is 5.91 Å². The van der Waals surface area contributed by atoms with Gasteiger partial charge < -0.3 is 9.64 Å². The van der Waals surface area contributed by atoms with E-state index in [0.717, 1.165) is 15.6 Å². The predicted octanol–water partition coefficient (Wildman–Crippen LogP) is 4.23. The van der Waals surface area contributed by atoms with Crippen LogP contribution in [0.4, 0.5) is 0 Å². The molecule has 0 bridgehead atoms. The van der Waals surface area contributed by atoms with Crippen LogP contribution in [0.25, 0.3) is 0 Å². The van der Waals surface area contributed by atoms with Crippen LogP contribution in [-0.4, -0.2) is 36.1 Å². The first kappa shape index (κ1) is 18.1. The van der Waals surface area contributed by atoms with Gasteiger partial charge in [0.05, 0.1) is 23.9 Å². The number of ether oxygens (including phenoxy) is 1. The van der Waals surface area contributed by atoms with Crippen molar-refractivity contribution in [2.75, 3.05) is 20.3 Å². The molecule has 1 amide bonds. The first-order valence-electron chi connectivity index (χ1n) is 7.72. The van der Waals surface area contributed by atoms with E-state index in [-0.39, 0.29) is 5.91 Å². The van der Waals surface area contributed by atoms with E-state index >= 15 is 0 Å². The van der Waals surface area contributed by atoms with Crippen LogP contribution < -0.4 is 0 Å². The second-order valence-electron chi connectivity index (χ2n) is 5.87. The van der Waals surface area contributed by atoms with E-state index in [9.17, 15) is 4.79 Å². The Bertz CT molecular complexity index is 661. The number of hydrogen-bond acceptors (Lipinski definition) is 5. The molecule has 6 heteroatoms. The fraction of sp³-hybridized carbons (Fsp3) is 0.529. The van der Waals surface area contributed by atoms with Gasteiger partial charge in [0.15, 0.2) is 0 Å². The molecular weight excluding hydrogens is 328 g/mol. The molecule has 2 heterocycles. The van der Waals surface area contributed by atoms with Crippen LogP contribution in [-0.2, 0) is 11.3 Å². The molecule has 0 N–H and O–H groups in total. The molecule has 0 aliphatic carbocycles. The molecular formula is C17H24N2O2S2. The molecule has 0 atom stereocenters. The van der Waals surface area contributed by atoms with Crippen LogP contribution in [0.2, 0.25) is 0 Å². The average Bonchev–Trinajstić information content (AvgIpc) is 3.09. The summed E-state index contributed by atoms with van der Waals surface area (Å²) in [6, 6.07) is 2.09. The summed E-state index contributed by atoms with van der Waals surface area (Å²) in [6.07, 6.45) is 0. The maximum atomic E-state index is 13.0. The van der Waals surface area contributed by atoms with Gasteiger partial charge in [-0.1, -0.05) is 13.8 Å². The molecule has 0 aliphatic heterocycles. The van der Waals surface area contributed by atoms with Crippen LogP contribution in [0.3, 0.4) is 0 Å². The third-order valence-corrected chi connectivity index (χ3v) is 6.11. The van der Waals surface area contributed by atoms with Crippen LogP contribution in [0, 0.1) is 13.8 Å². The summed E-state index contributed by atoms with van der Waals surface area (Å²) < 4.78 is 5.18. The monoisotopic (exact) mass is 352 g/mol. The maximum Gasteiger partial charge on any atom is 0.266 e. The zero-order valence-electron chi connectivity index (χ0n) is 14.4. The van der Waals surface area contributed by atoms with Gasteiger partial charge in [-0.2, -0.15) is 0 Å². The van der Waals surface area contributed by atoms with Crippen molar-refractivity contribution >= 4 is 28.6 Å². The van der Waals surface area contributed by atoms with E-state index < -0.39 is 0 Å². The normalized spacial score (nSPS) is 11.2. The molecule has 0 fully saturated rings. The first-order chi connectivity index (χ1) is 10.9. The second-order valence-corrected chi connectivity index (χ2v) is 7.90. The van der Waals surface area contributed by atoms with Gasteiger partial charge in [-0.15, -0.1) is 22.7 Å². The lowest BCUT2D eigenvalue weighted by Gasteiger charge is -2.22. The second kappa shape index (κ2) is 8.04. The summed E-state index contributed by atoms with van der Waals surface area (Å²) >= 11 is 3.21. The van der Waals surface area contributed by atoms with Gasteiger partial charge in [0.2, 0.25) is 0 Å². The van der Waals surface area contributed by atoms with Gasteiger partial charge in [0, 0.05) is 24.4 Å². The van der Waals surface area contributed by atoms with Crippen molar-refractivity contribution in [3.63, 3.8) is 0 Å². The van der Waals surface area contributed by atoms with Crippen LogP contribution in [0.1, 0.15) is 50.6 Å². The van der Waals surface area contributed by atoms with Gasteiger partial charge >= 0.3 is 0 Å². The number of carbonyl (C=O) groups excluding carboxylic acids is 1. The van der Waals surface area contributed by atoms with Gasteiger partial charge in [-0.3, -0.25) is 4.79 Å². The van der Waals surface area contributed by atoms with Crippen molar-refractivity contribution in [1.82, 2.24) is 9.88 Å². The molecule has 0 spiro atoms. The number of thiophene rings is 1. The van der Waals surface area contributed by atoms with E-state index in [1.165, 1.54) is 21.8 Å². The third-order valence-electron chi connectivity index (χ3n) is 3.66. The number of carbonyl (C=O) groups is 1. The molecule has 0 aromatic carbocycles. The molecule has 0 saturated carbocycles. The Kier molecular flexibility index (Phi) is 6.33. The van der Waals surface area contributed by atoms with E-state index in [4.69, 9.17) is 4.74 Å². The molecule has 23 heavy (non-hydrogen) atoms. The minimum absolute atomic E-state index is 0.0525. The summed E-state index contributed by atoms with van der Waals surface area (Å²) in [5.41, 5.74) is 2.06. The Balaban J connectivity index is 2.24. The highest BCUT2D eigenvalue weighted by atomic mass is 32.1. The molecule has 2 aromatic heterocycles. The highest BCUT2D eigenvalue weighted by molar-refractivity contribution is 7.14. The van der Waals surface area contributed by atoms with Crippen molar-refractivity contribution in [3.8, 4) is 0 Å². The van der Waals surface area contributed by atoms with E-state index in [1.54, 1.807) is 18.4 Å². The molecule has 0 saturated heterocycles. The Morgan fingerprint density at radius 3 is 2.65 bits per heavy atom. The molecule has 2 aromatic rings. The lowest BCUT2D eigenvalue weighted by molar-refractivity contribution is 0.0686. The maximum absolute atomic E-state index is 13.0.